The van der Waals surface area contributed by atoms with Crippen LogP contribution < -0.4 is 15.4 Å². The molecule has 0 saturated carbocycles. The van der Waals surface area contributed by atoms with Gasteiger partial charge in [0.2, 0.25) is 0 Å². The van der Waals surface area contributed by atoms with Crippen molar-refractivity contribution in [2.24, 2.45) is 0 Å². The van der Waals surface area contributed by atoms with E-state index in [9.17, 15) is 9.59 Å². The van der Waals surface area contributed by atoms with Crippen molar-refractivity contribution >= 4 is 11.8 Å². The van der Waals surface area contributed by atoms with Gasteiger partial charge in [0.1, 0.15) is 5.75 Å². The maximum Gasteiger partial charge on any atom is 0.255 e. The Hall–Kier alpha value is -2.04. The molecule has 5 heteroatoms. The number of amides is 2. The highest BCUT2D eigenvalue weighted by atomic mass is 16.5. The molecule has 0 radical (unpaired) electrons. The van der Waals surface area contributed by atoms with Gasteiger partial charge in [-0.05, 0) is 37.5 Å². The summed E-state index contributed by atoms with van der Waals surface area (Å²) in [5.41, 5.74) is 1.12. The van der Waals surface area contributed by atoms with E-state index < -0.39 is 0 Å². The quantitative estimate of drug-likeness (QED) is 0.0639. The molecule has 1 aromatic rings. The molecule has 1 aromatic carbocycles. The Morgan fingerprint density at radius 1 is 0.272 bits per heavy atom. The van der Waals surface area contributed by atoms with Gasteiger partial charge in [0.05, 0.1) is 12.2 Å². The van der Waals surface area contributed by atoms with Crippen molar-refractivity contribution in [2.45, 2.75) is 419 Å². The molecule has 81 heavy (non-hydrogen) atoms. The highest BCUT2D eigenvalue weighted by molar-refractivity contribution is 6.00. The Bertz CT molecular complexity index is 1410. The second kappa shape index (κ2) is 65.5. The van der Waals surface area contributed by atoms with Crippen LogP contribution in [0.4, 0.5) is 0 Å². The van der Waals surface area contributed by atoms with Gasteiger partial charge >= 0.3 is 0 Å². The summed E-state index contributed by atoms with van der Waals surface area (Å²) >= 11 is 0. The minimum absolute atomic E-state index is 0.0732. The first kappa shape index (κ1) is 77.0. The van der Waals surface area contributed by atoms with E-state index in [-0.39, 0.29) is 11.8 Å². The van der Waals surface area contributed by atoms with Gasteiger partial charge in [0.15, 0.2) is 0 Å². The summed E-state index contributed by atoms with van der Waals surface area (Å²) in [4.78, 5) is 26.8. The number of carbonyl (C=O) groups is 2. The molecule has 0 saturated heterocycles. The number of hydrogen-bond acceptors (Lipinski definition) is 3. The van der Waals surface area contributed by atoms with Crippen LogP contribution in [0.15, 0.2) is 18.2 Å². The van der Waals surface area contributed by atoms with Crippen molar-refractivity contribution in [3.8, 4) is 5.75 Å². The lowest BCUT2D eigenvalue weighted by Gasteiger charge is -2.14. The van der Waals surface area contributed by atoms with E-state index in [1.165, 1.54) is 360 Å². The Kier molecular flexibility index (Phi) is 62.2. The van der Waals surface area contributed by atoms with Crippen LogP contribution in [-0.4, -0.2) is 31.5 Å². The summed E-state index contributed by atoms with van der Waals surface area (Å²) in [7, 11) is 0. The lowest BCUT2D eigenvalue weighted by Crippen LogP contribution is -2.26. The van der Waals surface area contributed by atoms with Crippen LogP contribution in [0.25, 0.3) is 0 Å². The lowest BCUT2D eigenvalue weighted by atomic mass is 10.0. The summed E-state index contributed by atoms with van der Waals surface area (Å²) < 4.78 is 6.31. The van der Waals surface area contributed by atoms with E-state index in [0.717, 1.165) is 38.5 Å². The lowest BCUT2D eigenvalue weighted by molar-refractivity contribution is 0.0937. The number of unbranched alkanes of at least 4 members (excludes halogenated alkanes) is 59. The number of carbonyl (C=O) groups excluding carboxylic acids is 2. The third-order valence-corrected chi connectivity index (χ3v) is 17.9. The number of hydrogen-bond donors (Lipinski definition) is 2. The minimum Gasteiger partial charge on any atom is -0.493 e. The molecule has 0 heterocycles. The molecule has 2 amide bonds. The van der Waals surface area contributed by atoms with E-state index in [1.54, 1.807) is 12.1 Å². The predicted molar refractivity (Wildman–Crippen MR) is 360 cm³/mol. The SMILES string of the molecule is CCCCCCCCCCCCCCCCCCCCCCCCCCCCNC(=O)c1ccc(C(=O)NCCCCCCCCCCCCCCCCCCCCCCCCCCCC)c(OCCCCCCCCCCCC)c1. The molecule has 0 aromatic heterocycles. The van der Waals surface area contributed by atoms with Crippen LogP contribution in [0.1, 0.15) is 440 Å². The van der Waals surface area contributed by atoms with Gasteiger partial charge in [-0.1, -0.05) is 400 Å². The summed E-state index contributed by atoms with van der Waals surface area (Å²) in [6.45, 7) is 8.83. The van der Waals surface area contributed by atoms with Crippen LogP contribution in [0.2, 0.25) is 0 Å². The molecule has 0 aliphatic rings. The third kappa shape index (κ3) is 55.6. The number of benzene rings is 1. The Labute approximate surface area is 508 Å². The van der Waals surface area contributed by atoms with E-state index in [4.69, 9.17) is 4.74 Å². The first-order valence-electron chi connectivity index (χ1n) is 37.5. The zero-order valence-electron chi connectivity index (χ0n) is 55.4. The molecule has 2 N–H and O–H groups in total. The van der Waals surface area contributed by atoms with Crippen molar-refractivity contribution in [2.75, 3.05) is 19.7 Å². The fourth-order valence-corrected chi connectivity index (χ4v) is 12.2. The van der Waals surface area contributed by atoms with Gasteiger partial charge in [0.25, 0.3) is 11.8 Å². The average Bonchev–Trinajstić information content (AvgIpc) is 3.48. The highest BCUT2D eigenvalue weighted by Crippen LogP contribution is 2.24. The largest absolute Gasteiger partial charge is 0.493 e. The van der Waals surface area contributed by atoms with Crippen LogP contribution >= 0.6 is 0 Å². The summed E-state index contributed by atoms with van der Waals surface area (Å²) in [6, 6.07) is 5.42. The van der Waals surface area contributed by atoms with Crippen molar-refractivity contribution in [1.82, 2.24) is 10.6 Å². The minimum atomic E-state index is -0.0924. The Balaban J connectivity index is 2.17. The standard InChI is InChI=1S/C76H144N2O3/c1-4-7-10-13-16-19-22-24-26-28-30-32-34-36-38-40-42-44-46-48-50-52-54-57-60-63-68-77-75(79)72-66-67-73(74(71-72)81-70-65-62-59-56-21-18-15-12-9-6-3)76(80)78-69-64-61-58-55-53-51-49-47-45-43-41-39-37-35-33-31-29-27-25-23-20-17-14-11-8-5-2/h66-67,71H,4-65,68-70H2,1-3H3,(H,77,79)(H,78,80). The first-order chi connectivity index (χ1) is 40.1. The average molecular weight is 1130 g/mol. The second-order valence-corrected chi connectivity index (χ2v) is 25.9. The fourth-order valence-electron chi connectivity index (χ4n) is 12.2. The third-order valence-electron chi connectivity index (χ3n) is 17.9. The summed E-state index contributed by atoms with van der Waals surface area (Å²) in [5, 5.41) is 6.33. The topological polar surface area (TPSA) is 67.4 Å². The molecule has 0 fully saturated rings. The molecular formula is C76H144N2O3. The van der Waals surface area contributed by atoms with Crippen LogP contribution in [0, 0.1) is 0 Å². The van der Waals surface area contributed by atoms with Crippen LogP contribution in [-0.2, 0) is 0 Å². The monoisotopic (exact) mass is 1130 g/mol. The molecule has 0 spiro atoms. The predicted octanol–water partition coefficient (Wildman–Crippen LogP) is 25.8. The number of rotatable bonds is 68. The molecule has 0 unspecified atom stereocenters. The van der Waals surface area contributed by atoms with E-state index in [0.29, 0.717) is 36.6 Å². The Morgan fingerprint density at radius 2 is 0.481 bits per heavy atom. The van der Waals surface area contributed by atoms with Gasteiger partial charge in [-0.15, -0.1) is 0 Å². The molecule has 5 nitrogen and oxygen atoms in total. The van der Waals surface area contributed by atoms with Crippen molar-refractivity contribution in [3.63, 3.8) is 0 Å². The Morgan fingerprint density at radius 3 is 0.728 bits per heavy atom. The maximum atomic E-state index is 13.5. The zero-order chi connectivity index (χ0) is 58.1. The molecule has 1 rings (SSSR count). The van der Waals surface area contributed by atoms with Gasteiger partial charge in [0, 0.05) is 18.7 Å². The maximum absolute atomic E-state index is 13.5. The van der Waals surface area contributed by atoms with E-state index in [1.807, 2.05) is 6.07 Å². The molecule has 476 valence electrons. The molecular weight excluding hydrogens is 989 g/mol. The van der Waals surface area contributed by atoms with Gasteiger partial charge in [-0.2, -0.15) is 0 Å². The van der Waals surface area contributed by atoms with Gasteiger partial charge in [-0.3, -0.25) is 9.59 Å². The van der Waals surface area contributed by atoms with Crippen molar-refractivity contribution < 1.29 is 14.3 Å². The first-order valence-corrected chi connectivity index (χ1v) is 37.5. The molecule has 0 aliphatic heterocycles. The summed E-state index contributed by atoms with van der Waals surface area (Å²) in [5.74, 6) is 0.377. The number of nitrogens with one attached hydrogen (secondary N) is 2. The van der Waals surface area contributed by atoms with Gasteiger partial charge in [-0.25, -0.2) is 0 Å². The zero-order valence-corrected chi connectivity index (χ0v) is 55.4. The van der Waals surface area contributed by atoms with Crippen molar-refractivity contribution in [1.29, 1.82) is 0 Å². The van der Waals surface area contributed by atoms with Crippen molar-refractivity contribution in [3.05, 3.63) is 29.3 Å². The second-order valence-electron chi connectivity index (χ2n) is 25.9. The number of ether oxygens (including phenoxy) is 1. The van der Waals surface area contributed by atoms with Gasteiger partial charge < -0.3 is 15.4 Å². The van der Waals surface area contributed by atoms with E-state index in [2.05, 4.69) is 31.4 Å². The van der Waals surface area contributed by atoms with Crippen LogP contribution in [0.5, 0.6) is 5.75 Å². The fraction of sp³-hybridized carbons (Fsp3) is 0.895. The summed E-state index contributed by atoms with van der Waals surface area (Å²) in [6.07, 6.45) is 85.1. The van der Waals surface area contributed by atoms with E-state index >= 15 is 0 Å². The highest BCUT2D eigenvalue weighted by Gasteiger charge is 2.16. The normalized spacial score (nSPS) is 11.5. The molecule has 0 atom stereocenters. The van der Waals surface area contributed by atoms with Crippen LogP contribution in [0.3, 0.4) is 0 Å². The smallest absolute Gasteiger partial charge is 0.255 e. The molecule has 0 bridgehead atoms. The molecule has 0 aliphatic carbocycles.